The van der Waals surface area contributed by atoms with E-state index < -0.39 is 0 Å². The van der Waals surface area contributed by atoms with Crippen molar-refractivity contribution in [2.24, 2.45) is 0 Å². The zero-order valence-corrected chi connectivity index (χ0v) is 13.8. The standard InChI is InChI=1S/C4H3O.3C3H8O.Ti/c1-2-4-5-3-1;3*1-3(2)4;/h1-3H;3*3-4H,1-2H3;/q-1;;;;. The monoisotopic (exact) mass is 295 g/mol. The molecule has 0 saturated heterocycles. The molecule has 0 aliphatic rings. The summed E-state index contributed by atoms with van der Waals surface area (Å²) >= 11 is 0. The van der Waals surface area contributed by atoms with Crippen LogP contribution in [0.15, 0.2) is 22.8 Å². The third-order valence-electron chi connectivity index (χ3n) is 0.379. The SMILES string of the molecule is CC(C)O.CC(C)O.CC(C)O.[Ti].[c-]1ccco1. The molecule has 1 heterocycles. The molecule has 1 rings (SSSR count). The first-order valence-corrected chi connectivity index (χ1v) is 5.63. The molecule has 3 N–H and O–H groups in total. The van der Waals surface area contributed by atoms with E-state index >= 15 is 0 Å². The first-order chi connectivity index (χ1) is 7.70. The Bertz CT molecular complexity index is 147. The van der Waals surface area contributed by atoms with Gasteiger partial charge in [-0.3, -0.25) is 0 Å². The molecule has 0 aromatic carbocycles. The number of rotatable bonds is 0. The maximum absolute atomic E-state index is 8.06. The Balaban J connectivity index is -0.0000000719. The molecular formula is C13H27O4Ti-. The third kappa shape index (κ3) is 148. The van der Waals surface area contributed by atoms with Gasteiger partial charge in [0.2, 0.25) is 0 Å². The van der Waals surface area contributed by atoms with Gasteiger partial charge in [0, 0.05) is 40.0 Å². The minimum atomic E-state index is -0.167. The molecular weight excluding hydrogens is 268 g/mol. The van der Waals surface area contributed by atoms with E-state index in [1.807, 2.05) is 0 Å². The first kappa shape index (κ1) is 26.4. The molecule has 0 amide bonds. The van der Waals surface area contributed by atoms with Crippen LogP contribution >= 0.6 is 0 Å². The van der Waals surface area contributed by atoms with Gasteiger partial charge >= 0.3 is 0 Å². The number of hydrogen-bond donors (Lipinski definition) is 3. The first-order valence-electron chi connectivity index (χ1n) is 5.63. The number of furan rings is 1. The van der Waals surface area contributed by atoms with Gasteiger partial charge in [0.1, 0.15) is 0 Å². The molecule has 1 aromatic rings. The fraction of sp³-hybridized carbons (Fsp3) is 0.692. The van der Waals surface area contributed by atoms with E-state index in [4.69, 9.17) is 15.3 Å². The molecule has 4 nitrogen and oxygen atoms in total. The fourth-order valence-corrected chi connectivity index (χ4v) is 0.196. The fourth-order valence-electron chi connectivity index (χ4n) is 0.196. The van der Waals surface area contributed by atoms with Crippen molar-refractivity contribution in [2.75, 3.05) is 0 Å². The second kappa shape index (κ2) is 22.1. The second-order valence-electron chi connectivity index (χ2n) is 4.01. The van der Waals surface area contributed by atoms with E-state index in [1.165, 1.54) is 0 Å². The molecule has 5 heteroatoms. The van der Waals surface area contributed by atoms with Gasteiger partial charge in [-0.25, -0.2) is 0 Å². The zero-order chi connectivity index (χ0) is 14.3. The quantitative estimate of drug-likeness (QED) is 0.507. The third-order valence-corrected chi connectivity index (χ3v) is 0.379. The summed E-state index contributed by atoms with van der Waals surface area (Å²) in [5, 5.41) is 24.2. The smallest absolute Gasteiger partial charge is 0.0483 e. The van der Waals surface area contributed by atoms with Gasteiger partial charge in [-0.2, -0.15) is 6.07 Å². The van der Waals surface area contributed by atoms with Crippen LogP contribution in [0.5, 0.6) is 0 Å². The molecule has 0 radical (unpaired) electrons. The van der Waals surface area contributed by atoms with Crippen molar-refractivity contribution in [3.8, 4) is 0 Å². The summed E-state index contributed by atoms with van der Waals surface area (Å²) in [6.45, 7) is 10.3. The molecule has 0 atom stereocenters. The van der Waals surface area contributed by atoms with Crippen LogP contribution in [0.4, 0.5) is 0 Å². The minimum Gasteiger partial charge on any atom is -0.599 e. The van der Waals surface area contributed by atoms with Crippen LogP contribution in [0.3, 0.4) is 0 Å². The summed E-state index contributed by atoms with van der Waals surface area (Å²) in [4.78, 5) is 0. The molecule has 0 saturated carbocycles. The maximum Gasteiger partial charge on any atom is 0.0483 e. The Morgan fingerprint density at radius 2 is 1.11 bits per heavy atom. The minimum absolute atomic E-state index is 0. The Kier molecular flexibility index (Phi) is 32.4. The number of aliphatic hydroxyl groups excluding tert-OH is 3. The van der Waals surface area contributed by atoms with Crippen molar-refractivity contribution in [3.63, 3.8) is 0 Å². The van der Waals surface area contributed by atoms with E-state index in [-0.39, 0.29) is 40.0 Å². The predicted octanol–water partition coefficient (Wildman–Crippen LogP) is 2.24. The Morgan fingerprint density at radius 1 is 0.833 bits per heavy atom. The van der Waals surface area contributed by atoms with Crippen molar-refractivity contribution in [2.45, 2.75) is 59.9 Å². The maximum atomic E-state index is 8.06. The van der Waals surface area contributed by atoms with Crippen LogP contribution in [-0.2, 0) is 21.7 Å². The molecule has 108 valence electrons. The Labute approximate surface area is 126 Å². The van der Waals surface area contributed by atoms with Crippen LogP contribution in [-0.4, -0.2) is 33.6 Å². The van der Waals surface area contributed by atoms with E-state index in [1.54, 1.807) is 59.9 Å². The van der Waals surface area contributed by atoms with Gasteiger partial charge in [-0.15, -0.1) is 6.07 Å². The molecule has 18 heavy (non-hydrogen) atoms. The summed E-state index contributed by atoms with van der Waals surface area (Å²) in [7, 11) is 0. The van der Waals surface area contributed by atoms with Crippen molar-refractivity contribution in [1.29, 1.82) is 0 Å². The molecule has 0 aliphatic carbocycles. The number of aliphatic hydroxyl groups is 3. The van der Waals surface area contributed by atoms with Gasteiger partial charge in [0.25, 0.3) is 0 Å². The van der Waals surface area contributed by atoms with Crippen LogP contribution < -0.4 is 0 Å². The number of hydrogen-bond acceptors (Lipinski definition) is 4. The Hall–Kier alpha value is -0.126. The molecule has 0 fully saturated rings. The summed E-state index contributed by atoms with van der Waals surface area (Å²) in [6, 6.07) is 3.49. The molecule has 0 unspecified atom stereocenters. The van der Waals surface area contributed by atoms with E-state index in [0.29, 0.717) is 0 Å². The predicted molar refractivity (Wildman–Crippen MR) is 69.6 cm³/mol. The van der Waals surface area contributed by atoms with Crippen LogP contribution in [0.2, 0.25) is 0 Å². The molecule has 1 aromatic heterocycles. The van der Waals surface area contributed by atoms with Gasteiger partial charge in [-0.05, 0) is 47.8 Å². The Morgan fingerprint density at radius 3 is 1.17 bits per heavy atom. The van der Waals surface area contributed by atoms with Crippen LogP contribution in [0, 0.1) is 6.26 Å². The topological polar surface area (TPSA) is 73.8 Å². The van der Waals surface area contributed by atoms with Crippen molar-refractivity contribution in [1.82, 2.24) is 0 Å². The van der Waals surface area contributed by atoms with Crippen molar-refractivity contribution < 1.29 is 41.5 Å². The second-order valence-corrected chi connectivity index (χ2v) is 4.01. The van der Waals surface area contributed by atoms with Crippen molar-refractivity contribution >= 4 is 0 Å². The van der Waals surface area contributed by atoms with E-state index in [0.717, 1.165) is 0 Å². The largest absolute Gasteiger partial charge is 0.599 e. The summed E-state index contributed by atoms with van der Waals surface area (Å²) < 4.78 is 4.46. The summed E-state index contributed by atoms with van der Waals surface area (Å²) in [5.74, 6) is 0. The van der Waals surface area contributed by atoms with Crippen LogP contribution in [0.25, 0.3) is 0 Å². The molecule has 0 spiro atoms. The van der Waals surface area contributed by atoms with Gasteiger partial charge < -0.3 is 19.7 Å². The van der Waals surface area contributed by atoms with Gasteiger partial charge in [0.05, 0.1) is 0 Å². The van der Waals surface area contributed by atoms with E-state index in [9.17, 15) is 0 Å². The average molecular weight is 295 g/mol. The van der Waals surface area contributed by atoms with E-state index in [2.05, 4.69) is 10.7 Å². The average Bonchev–Trinajstić information content (AvgIpc) is 2.53. The van der Waals surface area contributed by atoms with Crippen molar-refractivity contribution in [3.05, 3.63) is 24.7 Å². The molecule has 0 aliphatic heterocycles. The molecule has 0 bridgehead atoms. The normalized spacial score (nSPS) is 8.22. The summed E-state index contributed by atoms with van der Waals surface area (Å²) in [6.07, 6.45) is 3.56. The van der Waals surface area contributed by atoms with Crippen LogP contribution in [0.1, 0.15) is 41.5 Å². The summed E-state index contributed by atoms with van der Waals surface area (Å²) in [5.41, 5.74) is 0. The van der Waals surface area contributed by atoms with Gasteiger partial charge in [0.15, 0.2) is 0 Å². The zero-order valence-electron chi connectivity index (χ0n) is 12.2. The van der Waals surface area contributed by atoms with Gasteiger partial charge in [-0.1, -0.05) is 6.26 Å².